The van der Waals surface area contributed by atoms with Crippen LogP contribution in [0.1, 0.15) is 39.5 Å². The topological polar surface area (TPSA) is 79.1 Å². The molecule has 28 heavy (non-hydrogen) atoms. The van der Waals surface area contributed by atoms with E-state index in [0.717, 1.165) is 22.9 Å². The predicted molar refractivity (Wildman–Crippen MR) is 111 cm³/mol. The third kappa shape index (κ3) is 4.29. The lowest BCUT2D eigenvalue weighted by Crippen LogP contribution is -2.30. The van der Waals surface area contributed by atoms with E-state index in [4.69, 9.17) is 0 Å². The molecule has 0 unspecified atom stereocenters. The molecule has 1 amide bonds. The maximum absolute atomic E-state index is 12.2. The molecule has 0 bridgehead atoms. The Morgan fingerprint density at radius 1 is 1.11 bits per heavy atom. The molecule has 5 nitrogen and oxygen atoms in total. The SMILES string of the molecule is CCc1ccc(C(=O)NCCNc2[nH+]c3cc(C)cc(C)c3cc2C#N)cc1. The molecular weight excluding hydrogens is 348 g/mol. The van der Waals surface area contributed by atoms with E-state index in [1.165, 1.54) is 11.1 Å². The highest BCUT2D eigenvalue weighted by Gasteiger charge is 2.14. The van der Waals surface area contributed by atoms with Crippen LogP contribution in [0.2, 0.25) is 0 Å². The third-order valence-corrected chi connectivity index (χ3v) is 4.81. The van der Waals surface area contributed by atoms with Crippen LogP contribution in [0.4, 0.5) is 5.82 Å². The predicted octanol–water partition coefficient (Wildman–Crippen LogP) is 3.55. The molecule has 142 valence electrons. The Bertz CT molecular complexity index is 1050. The number of pyridine rings is 1. The van der Waals surface area contributed by atoms with Crippen LogP contribution in [0.15, 0.2) is 42.5 Å². The van der Waals surface area contributed by atoms with Gasteiger partial charge in [0.25, 0.3) is 11.7 Å². The lowest BCUT2D eigenvalue weighted by molar-refractivity contribution is -0.327. The van der Waals surface area contributed by atoms with Gasteiger partial charge < -0.3 is 5.32 Å². The van der Waals surface area contributed by atoms with Crippen LogP contribution in [-0.4, -0.2) is 19.0 Å². The second-order valence-corrected chi connectivity index (χ2v) is 6.95. The Morgan fingerprint density at radius 2 is 1.86 bits per heavy atom. The summed E-state index contributed by atoms with van der Waals surface area (Å²) in [5, 5.41) is 16.6. The van der Waals surface area contributed by atoms with Gasteiger partial charge in [0.15, 0.2) is 0 Å². The highest BCUT2D eigenvalue weighted by atomic mass is 16.1. The van der Waals surface area contributed by atoms with E-state index in [1.807, 2.05) is 44.2 Å². The molecule has 1 aromatic heterocycles. The van der Waals surface area contributed by atoms with Gasteiger partial charge in [-0.05, 0) is 61.2 Å². The smallest absolute Gasteiger partial charge is 0.290 e. The van der Waals surface area contributed by atoms with Crippen LogP contribution in [0.5, 0.6) is 0 Å². The van der Waals surface area contributed by atoms with Gasteiger partial charge in [0, 0.05) is 10.9 Å². The van der Waals surface area contributed by atoms with Crippen molar-refractivity contribution in [3.63, 3.8) is 0 Å². The normalized spacial score (nSPS) is 10.5. The summed E-state index contributed by atoms with van der Waals surface area (Å²) in [4.78, 5) is 15.5. The Hall–Kier alpha value is -3.39. The number of anilines is 1. The fraction of sp³-hybridized carbons (Fsp3) is 0.261. The summed E-state index contributed by atoms with van der Waals surface area (Å²) >= 11 is 0. The number of aryl methyl sites for hydroxylation is 3. The van der Waals surface area contributed by atoms with E-state index in [1.54, 1.807) is 0 Å². The van der Waals surface area contributed by atoms with Crippen LogP contribution in [0.3, 0.4) is 0 Å². The number of hydrogen-bond donors (Lipinski definition) is 2. The molecule has 5 heteroatoms. The summed E-state index contributed by atoms with van der Waals surface area (Å²) in [5.41, 5.74) is 5.70. The average molecular weight is 373 g/mol. The Labute approximate surface area is 165 Å². The highest BCUT2D eigenvalue weighted by Crippen LogP contribution is 2.21. The minimum absolute atomic E-state index is 0.0984. The summed E-state index contributed by atoms with van der Waals surface area (Å²) in [7, 11) is 0. The van der Waals surface area contributed by atoms with E-state index in [9.17, 15) is 10.1 Å². The molecule has 1 heterocycles. The second-order valence-electron chi connectivity index (χ2n) is 6.95. The van der Waals surface area contributed by atoms with Crippen LogP contribution in [0.25, 0.3) is 10.9 Å². The molecule has 2 aromatic carbocycles. The summed E-state index contributed by atoms with van der Waals surface area (Å²) in [6, 6.07) is 15.9. The van der Waals surface area contributed by atoms with Crippen molar-refractivity contribution in [1.29, 1.82) is 5.26 Å². The lowest BCUT2D eigenvalue weighted by atomic mass is 10.0. The zero-order valence-corrected chi connectivity index (χ0v) is 16.5. The number of amides is 1. The minimum Gasteiger partial charge on any atom is -0.348 e. The molecule has 3 N–H and O–H groups in total. The Morgan fingerprint density at radius 3 is 2.54 bits per heavy atom. The number of carbonyl (C=O) groups is 1. The first-order valence-corrected chi connectivity index (χ1v) is 9.50. The van der Waals surface area contributed by atoms with Gasteiger partial charge in [0.1, 0.15) is 23.7 Å². The zero-order valence-electron chi connectivity index (χ0n) is 16.5. The number of aromatic amines is 1. The molecule has 0 fully saturated rings. The minimum atomic E-state index is -0.0984. The zero-order chi connectivity index (χ0) is 20.1. The number of H-pyrrole nitrogens is 1. The van der Waals surface area contributed by atoms with Crippen molar-refractivity contribution in [2.75, 3.05) is 18.4 Å². The first-order chi connectivity index (χ1) is 13.5. The van der Waals surface area contributed by atoms with Gasteiger partial charge in [-0.15, -0.1) is 0 Å². The summed E-state index contributed by atoms with van der Waals surface area (Å²) < 4.78 is 0. The number of nitrogens with one attached hydrogen (secondary N) is 3. The molecule has 0 saturated carbocycles. The number of rotatable bonds is 6. The molecule has 3 aromatic rings. The molecular formula is C23H25N4O+. The van der Waals surface area contributed by atoms with Gasteiger partial charge in [0.05, 0.1) is 6.54 Å². The number of nitrogens with zero attached hydrogens (tertiary/aromatic N) is 1. The molecule has 0 saturated heterocycles. The maximum Gasteiger partial charge on any atom is 0.290 e. The van der Waals surface area contributed by atoms with Crippen LogP contribution < -0.4 is 15.6 Å². The number of hydrogen-bond acceptors (Lipinski definition) is 3. The van der Waals surface area contributed by atoms with Crippen molar-refractivity contribution in [2.45, 2.75) is 27.2 Å². The van der Waals surface area contributed by atoms with E-state index >= 15 is 0 Å². The fourth-order valence-electron chi connectivity index (χ4n) is 3.28. The molecule has 0 spiro atoms. The van der Waals surface area contributed by atoms with E-state index < -0.39 is 0 Å². The Kier molecular flexibility index (Phi) is 5.90. The van der Waals surface area contributed by atoms with Crippen molar-refractivity contribution in [3.8, 4) is 6.07 Å². The number of aromatic nitrogens is 1. The largest absolute Gasteiger partial charge is 0.348 e. The van der Waals surface area contributed by atoms with Crippen molar-refractivity contribution in [1.82, 2.24) is 5.32 Å². The quantitative estimate of drug-likeness (QED) is 0.649. The monoisotopic (exact) mass is 373 g/mol. The van der Waals surface area contributed by atoms with Gasteiger partial charge in [-0.1, -0.05) is 25.1 Å². The van der Waals surface area contributed by atoms with Crippen molar-refractivity contribution >= 4 is 22.6 Å². The Balaban J connectivity index is 1.64. The highest BCUT2D eigenvalue weighted by molar-refractivity contribution is 5.94. The van der Waals surface area contributed by atoms with Gasteiger partial charge >= 0.3 is 0 Å². The summed E-state index contributed by atoms with van der Waals surface area (Å²) in [6.45, 7) is 7.15. The van der Waals surface area contributed by atoms with E-state index in [-0.39, 0.29) is 5.91 Å². The number of fused-ring (bicyclic) bond motifs is 1. The molecule has 3 rings (SSSR count). The van der Waals surface area contributed by atoms with Crippen LogP contribution in [0, 0.1) is 25.2 Å². The summed E-state index contributed by atoms with van der Waals surface area (Å²) in [6.07, 6.45) is 0.953. The fourth-order valence-corrected chi connectivity index (χ4v) is 3.28. The number of benzene rings is 2. The standard InChI is InChI=1S/C23H24N4O/c1-4-17-5-7-18(8-6-17)23(28)26-10-9-25-22-19(14-24)13-20-16(3)11-15(2)12-21(20)27-22/h5-8,11-13H,4,9-10H2,1-3H3,(H,25,27)(H,26,28)/p+1. The van der Waals surface area contributed by atoms with E-state index in [0.29, 0.717) is 30.0 Å². The van der Waals surface area contributed by atoms with Crippen LogP contribution in [-0.2, 0) is 6.42 Å². The number of carbonyl (C=O) groups excluding carboxylic acids is 1. The van der Waals surface area contributed by atoms with Crippen molar-refractivity contribution in [2.24, 2.45) is 0 Å². The molecule has 0 atom stereocenters. The molecule has 0 aliphatic rings. The first-order valence-electron chi connectivity index (χ1n) is 9.50. The average Bonchev–Trinajstić information content (AvgIpc) is 2.70. The summed E-state index contributed by atoms with van der Waals surface area (Å²) in [5.74, 6) is 0.570. The van der Waals surface area contributed by atoms with Crippen molar-refractivity contribution in [3.05, 3.63) is 70.3 Å². The van der Waals surface area contributed by atoms with Crippen molar-refractivity contribution < 1.29 is 9.78 Å². The number of nitriles is 1. The molecule has 0 aliphatic carbocycles. The van der Waals surface area contributed by atoms with E-state index in [2.05, 4.69) is 40.7 Å². The molecule has 0 aliphatic heterocycles. The third-order valence-electron chi connectivity index (χ3n) is 4.81. The van der Waals surface area contributed by atoms with Gasteiger partial charge in [-0.25, -0.2) is 4.98 Å². The lowest BCUT2D eigenvalue weighted by Gasteiger charge is -2.07. The molecule has 0 radical (unpaired) electrons. The van der Waals surface area contributed by atoms with Gasteiger partial charge in [-0.3, -0.25) is 10.1 Å². The maximum atomic E-state index is 12.2. The van der Waals surface area contributed by atoms with Gasteiger partial charge in [-0.2, -0.15) is 5.26 Å². The van der Waals surface area contributed by atoms with Gasteiger partial charge in [0.2, 0.25) is 0 Å². The van der Waals surface area contributed by atoms with Crippen LogP contribution >= 0.6 is 0 Å². The first kappa shape index (κ1) is 19.4. The second kappa shape index (κ2) is 8.53.